The largest absolute Gasteiger partial charge is 0.478 e. The molecule has 1 fully saturated rings. The number of halogens is 3. The molecule has 0 bridgehead atoms. The minimum atomic E-state index is -1.11. The lowest BCUT2D eigenvalue weighted by Crippen LogP contribution is -2.36. The second kappa shape index (κ2) is 9.25. The van der Waals surface area contributed by atoms with Gasteiger partial charge in [-0.15, -0.1) is 0 Å². The van der Waals surface area contributed by atoms with Crippen LogP contribution in [0.25, 0.3) is 0 Å². The topological polar surface area (TPSA) is 66.8 Å². The minimum Gasteiger partial charge on any atom is -0.478 e. The number of nitrogens with zero attached hydrogens (tertiary/aromatic N) is 1. The third-order valence-electron chi connectivity index (χ3n) is 4.26. The maximum absolute atomic E-state index is 12.4. The fraction of sp³-hybridized carbons (Fsp3) is 0.263. The van der Waals surface area contributed by atoms with E-state index < -0.39 is 12.1 Å². The predicted molar refractivity (Wildman–Crippen MR) is 128 cm³/mol. The van der Waals surface area contributed by atoms with E-state index in [4.69, 9.17) is 4.74 Å². The molecule has 0 aromatic heterocycles. The average molecular weight is 703 g/mol. The van der Waals surface area contributed by atoms with Gasteiger partial charge in [-0.3, -0.25) is 4.79 Å². The van der Waals surface area contributed by atoms with Crippen molar-refractivity contribution in [2.45, 2.75) is 25.4 Å². The van der Waals surface area contributed by atoms with Crippen LogP contribution in [0.1, 0.15) is 30.9 Å². The molecule has 2 aromatic rings. The molecule has 0 saturated carbocycles. The van der Waals surface area contributed by atoms with Crippen molar-refractivity contribution in [1.29, 1.82) is 0 Å². The van der Waals surface area contributed by atoms with Crippen LogP contribution in [0, 0.1) is 10.7 Å². The number of anilines is 1. The molecule has 1 heterocycles. The molecule has 8 heteroatoms. The molecule has 0 radical (unpaired) electrons. The lowest BCUT2D eigenvalue weighted by atomic mass is 10.1. The van der Waals surface area contributed by atoms with Crippen molar-refractivity contribution in [1.82, 2.24) is 0 Å². The highest BCUT2D eigenvalue weighted by molar-refractivity contribution is 14.1. The Morgan fingerprint density at radius 1 is 1.11 bits per heavy atom. The summed E-state index contributed by atoms with van der Waals surface area (Å²) in [4.78, 5) is 26.1. The van der Waals surface area contributed by atoms with E-state index in [9.17, 15) is 14.7 Å². The van der Waals surface area contributed by atoms with E-state index in [0.717, 1.165) is 29.2 Å². The first-order valence-electron chi connectivity index (χ1n) is 8.32. The van der Waals surface area contributed by atoms with Gasteiger partial charge < -0.3 is 14.7 Å². The highest BCUT2D eigenvalue weighted by Crippen LogP contribution is 2.41. The lowest BCUT2D eigenvalue weighted by Gasteiger charge is -2.30. The van der Waals surface area contributed by atoms with E-state index in [1.807, 2.05) is 12.1 Å². The summed E-state index contributed by atoms with van der Waals surface area (Å²) in [6.07, 6.45) is 1.29. The molecule has 2 aromatic carbocycles. The summed E-state index contributed by atoms with van der Waals surface area (Å²) in [6, 6.07) is 10.8. The fourth-order valence-electron chi connectivity index (χ4n) is 2.97. The zero-order valence-electron chi connectivity index (χ0n) is 14.1. The van der Waals surface area contributed by atoms with Crippen molar-refractivity contribution in [2.75, 3.05) is 11.4 Å². The summed E-state index contributed by atoms with van der Waals surface area (Å²) < 4.78 is 8.53. The van der Waals surface area contributed by atoms with Gasteiger partial charge in [0.2, 0.25) is 12.0 Å². The van der Waals surface area contributed by atoms with Gasteiger partial charge in [0.1, 0.15) is 5.75 Å². The van der Waals surface area contributed by atoms with Crippen LogP contribution in [0.3, 0.4) is 0 Å². The van der Waals surface area contributed by atoms with Gasteiger partial charge >= 0.3 is 5.97 Å². The first-order valence-corrected chi connectivity index (χ1v) is 11.6. The molecule has 5 nitrogen and oxygen atoms in total. The van der Waals surface area contributed by atoms with Gasteiger partial charge in [0.25, 0.3) is 0 Å². The van der Waals surface area contributed by atoms with Gasteiger partial charge in [0.15, 0.2) is 0 Å². The van der Waals surface area contributed by atoms with Crippen LogP contribution in [-0.2, 0) is 9.59 Å². The third kappa shape index (κ3) is 4.69. The van der Waals surface area contributed by atoms with Crippen LogP contribution < -0.4 is 9.64 Å². The van der Waals surface area contributed by atoms with Gasteiger partial charge in [0.05, 0.1) is 12.8 Å². The zero-order valence-corrected chi connectivity index (χ0v) is 20.6. The molecule has 0 aliphatic carbocycles. The van der Waals surface area contributed by atoms with Crippen molar-refractivity contribution in [3.8, 4) is 5.75 Å². The normalized spacial score (nSPS) is 15.5. The van der Waals surface area contributed by atoms with Crippen molar-refractivity contribution >= 4 is 85.3 Å². The average Bonchev–Trinajstić information content (AvgIpc) is 2.63. The Morgan fingerprint density at radius 3 is 2.44 bits per heavy atom. The monoisotopic (exact) mass is 703 g/mol. The maximum atomic E-state index is 12.4. The Morgan fingerprint density at radius 2 is 1.81 bits per heavy atom. The molecule has 1 atom stereocenters. The number of carboxylic acid groups (broad SMARTS) is 1. The van der Waals surface area contributed by atoms with E-state index in [1.54, 1.807) is 29.2 Å². The maximum Gasteiger partial charge on any atom is 0.349 e. The van der Waals surface area contributed by atoms with E-state index in [0.29, 0.717) is 24.3 Å². The number of carbonyl (C=O) groups is 2. The number of ether oxygens (including phenoxy) is 1. The molecule has 1 N–H and O–H groups in total. The Kier molecular flexibility index (Phi) is 7.22. The van der Waals surface area contributed by atoms with Crippen LogP contribution in [0.15, 0.2) is 36.4 Å². The SMILES string of the molecule is O=C(O)C(Oc1c(I)cc(I)c(N2CCCCC2=O)c1I)c1ccccc1. The quantitative estimate of drug-likeness (QED) is 0.435. The summed E-state index contributed by atoms with van der Waals surface area (Å²) in [7, 11) is 0. The molecule has 1 aliphatic rings. The Bertz CT molecular complexity index is 873. The molecule has 142 valence electrons. The van der Waals surface area contributed by atoms with E-state index in [2.05, 4.69) is 67.8 Å². The second-order valence-corrected chi connectivity index (χ2v) is 9.48. The van der Waals surface area contributed by atoms with Gasteiger partial charge in [-0.25, -0.2) is 4.79 Å². The Hall–Kier alpha value is -0.630. The standard InChI is InChI=1S/C19H16I3NO4/c20-12-10-13(21)18(15(22)16(12)23-9-5-4-8-14(23)24)27-17(19(25)26)11-6-2-1-3-7-11/h1-3,6-7,10,17H,4-5,8-9H2,(H,25,26). The van der Waals surface area contributed by atoms with Crippen LogP contribution in [0.5, 0.6) is 5.75 Å². The number of hydrogen-bond acceptors (Lipinski definition) is 3. The summed E-state index contributed by atoms with van der Waals surface area (Å²) in [5.41, 5.74) is 1.39. The molecule has 1 unspecified atom stereocenters. The second-order valence-electron chi connectivity index (χ2n) is 6.08. The molecular weight excluding hydrogens is 687 g/mol. The molecule has 1 saturated heterocycles. The molecule has 3 rings (SSSR count). The van der Waals surface area contributed by atoms with E-state index in [1.165, 1.54) is 0 Å². The summed E-state index contributed by atoms with van der Waals surface area (Å²) in [6.45, 7) is 0.673. The molecule has 27 heavy (non-hydrogen) atoms. The number of hydrogen-bond donors (Lipinski definition) is 1. The van der Waals surface area contributed by atoms with Crippen molar-refractivity contribution in [3.05, 3.63) is 52.7 Å². The number of rotatable bonds is 5. The number of piperidine rings is 1. The van der Waals surface area contributed by atoms with Crippen LogP contribution in [0.2, 0.25) is 0 Å². The highest BCUT2D eigenvalue weighted by atomic mass is 127. The number of amides is 1. The number of carbonyl (C=O) groups excluding carboxylic acids is 1. The first-order chi connectivity index (χ1) is 12.9. The van der Waals surface area contributed by atoms with E-state index >= 15 is 0 Å². The van der Waals surface area contributed by atoms with Crippen LogP contribution in [-0.4, -0.2) is 23.5 Å². The summed E-state index contributed by atoms with van der Waals surface area (Å²) in [5.74, 6) is -0.453. The first kappa shape index (κ1) is 21.1. The highest BCUT2D eigenvalue weighted by Gasteiger charge is 2.29. The molecular formula is C19H16I3NO4. The number of benzene rings is 2. The number of carboxylic acids is 1. The Labute approximate surface area is 198 Å². The number of aliphatic carboxylic acids is 1. The van der Waals surface area contributed by atoms with Crippen molar-refractivity contribution in [3.63, 3.8) is 0 Å². The van der Waals surface area contributed by atoms with Crippen LogP contribution >= 0.6 is 67.8 Å². The van der Waals surface area contributed by atoms with Crippen LogP contribution in [0.4, 0.5) is 5.69 Å². The molecule has 1 amide bonds. The molecule has 1 aliphatic heterocycles. The van der Waals surface area contributed by atoms with E-state index in [-0.39, 0.29) is 5.91 Å². The fourth-order valence-corrected chi connectivity index (χ4v) is 7.17. The van der Waals surface area contributed by atoms with Crippen molar-refractivity contribution in [2.24, 2.45) is 0 Å². The predicted octanol–water partition coefficient (Wildman–Crippen LogP) is 5.22. The van der Waals surface area contributed by atoms with Gasteiger partial charge in [-0.05, 0) is 86.7 Å². The summed E-state index contributed by atoms with van der Waals surface area (Å²) >= 11 is 6.53. The zero-order chi connectivity index (χ0) is 19.6. The van der Waals surface area contributed by atoms with Gasteiger partial charge in [-0.2, -0.15) is 0 Å². The molecule has 0 spiro atoms. The summed E-state index contributed by atoms with van der Waals surface area (Å²) in [5, 5.41) is 9.69. The lowest BCUT2D eigenvalue weighted by molar-refractivity contribution is -0.145. The van der Waals surface area contributed by atoms with Gasteiger partial charge in [-0.1, -0.05) is 30.3 Å². The third-order valence-corrected chi connectivity index (χ3v) is 6.88. The minimum absolute atomic E-state index is 0.0992. The van der Waals surface area contributed by atoms with Crippen molar-refractivity contribution < 1.29 is 19.4 Å². The van der Waals surface area contributed by atoms with Gasteiger partial charge in [0, 0.05) is 22.1 Å². The Balaban J connectivity index is 2.03. The smallest absolute Gasteiger partial charge is 0.349 e.